The molecule has 2 rings (SSSR count). The maximum Gasteiger partial charge on any atom is 0.241 e. The predicted molar refractivity (Wildman–Crippen MR) is 92.3 cm³/mol. The van der Waals surface area contributed by atoms with Crippen molar-refractivity contribution < 1.29 is 13.2 Å². The molecule has 0 aliphatic heterocycles. The summed E-state index contributed by atoms with van der Waals surface area (Å²) in [5.41, 5.74) is 2.17. The quantitative estimate of drug-likeness (QED) is 0.873. The van der Waals surface area contributed by atoms with Gasteiger partial charge in [-0.05, 0) is 48.2 Å². The van der Waals surface area contributed by atoms with Crippen LogP contribution >= 0.6 is 0 Å². The van der Waals surface area contributed by atoms with E-state index < -0.39 is 10.0 Å². The number of hydrogen-bond acceptors (Lipinski definition) is 3. The molecule has 124 valence electrons. The molecule has 0 heterocycles. The van der Waals surface area contributed by atoms with E-state index in [0.717, 1.165) is 5.56 Å². The van der Waals surface area contributed by atoms with Gasteiger partial charge in [0.1, 0.15) is 5.75 Å². The normalized spacial score (nSPS) is 13.1. The van der Waals surface area contributed by atoms with Gasteiger partial charge in [-0.2, -0.15) is 0 Å². The van der Waals surface area contributed by atoms with Crippen molar-refractivity contribution in [2.75, 3.05) is 7.11 Å². The third-order valence-corrected chi connectivity index (χ3v) is 5.36. The summed E-state index contributed by atoms with van der Waals surface area (Å²) in [6.07, 6.45) is 0. The molecule has 0 spiro atoms. The SMILES string of the molecule is COc1ccc(S(=O)(=O)N[C@H](C)c2ccc(C(C)C)cc2)cc1. The summed E-state index contributed by atoms with van der Waals surface area (Å²) >= 11 is 0. The third-order valence-electron chi connectivity index (χ3n) is 3.80. The molecule has 0 saturated heterocycles. The lowest BCUT2D eigenvalue weighted by Gasteiger charge is -2.16. The highest BCUT2D eigenvalue weighted by Crippen LogP contribution is 2.21. The summed E-state index contributed by atoms with van der Waals surface area (Å²) in [6, 6.07) is 14.1. The largest absolute Gasteiger partial charge is 0.497 e. The van der Waals surface area contributed by atoms with E-state index in [1.54, 1.807) is 19.2 Å². The minimum Gasteiger partial charge on any atom is -0.497 e. The molecular formula is C18H23NO3S. The minimum absolute atomic E-state index is 0.226. The topological polar surface area (TPSA) is 55.4 Å². The van der Waals surface area contributed by atoms with E-state index in [0.29, 0.717) is 11.7 Å². The number of hydrogen-bond donors (Lipinski definition) is 1. The highest BCUT2D eigenvalue weighted by Gasteiger charge is 2.18. The van der Waals surface area contributed by atoms with Crippen molar-refractivity contribution in [1.29, 1.82) is 0 Å². The lowest BCUT2D eigenvalue weighted by molar-refractivity contribution is 0.414. The van der Waals surface area contributed by atoms with E-state index in [-0.39, 0.29) is 10.9 Å². The molecule has 0 saturated carbocycles. The van der Waals surface area contributed by atoms with Crippen LogP contribution in [0.4, 0.5) is 0 Å². The van der Waals surface area contributed by atoms with Gasteiger partial charge in [-0.25, -0.2) is 13.1 Å². The number of methoxy groups -OCH3 is 1. The van der Waals surface area contributed by atoms with Gasteiger partial charge in [-0.15, -0.1) is 0 Å². The maximum atomic E-state index is 12.4. The average molecular weight is 333 g/mol. The smallest absolute Gasteiger partial charge is 0.241 e. The van der Waals surface area contributed by atoms with Gasteiger partial charge in [0, 0.05) is 6.04 Å². The number of benzene rings is 2. The van der Waals surface area contributed by atoms with Crippen molar-refractivity contribution >= 4 is 10.0 Å². The summed E-state index contributed by atoms with van der Waals surface area (Å²) in [4.78, 5) is 0.226. The first-order valence-corrected chi connectivity index (χ1v) is 9.08. The second-order valence-electron chi connectivity index (χ2n) is 5.84. The van der Waals surface area contributed by atoms with Gasteiger partial charge in [-0.3, -0.25) is 0 Å². The Labute approximate surface area is 138 Å². The molecule has 5 heteroatoms. The first kappa shape index (κ1) is 17.5. The van der Waals surface area contributed by atoms with Crippen LogP contribution in [0.1, 0.15) is 43.9 Å². The summed E-state index contributed by atoms with van der Waals surface area (Å²) < 4.78 is 32.6. The lowest BCUT2D eigenvalue weighted by Crippen LogP contribution is -2.26. The molecule has 2 aromatic carbocycles. The maximum absolute atomic E-state index is 12.4. The number of sulfonamides is 1. The van der Waals surface area contributed by atoms with E-state index in [9.17, 15) is 8.42 Å². The van der Waals surface area contributed by atoms with E-state index >= 15 is 0 Å². The Bertz CT molecular complexity index is 735. The summed E-state index contributed by atoms with van der Waals surface area (Å²) in [6.45, 7) is 6.10. The second kappa shape index (κ2) is 7.15. The average Bonchev–Trinajstić information content (AvgIpc) is 2.54. The van der Waals surface area contributed by atoms with Crippen LogP contribution in [0.3, 0.4) is 0 Å². The van der Waals surface area contributed by atoms with E-state index in [1.165, 1.54) is 17.7 Å². The van der Waals surface area contributed by atoms with E-state index in [4.69, 9.17) is 4.74 Å². The number of ether oxygens (including phenoxy) is 1. The molecule has 0 radical (unpaired) electrons. The molecule has 4 nitrogen and oxygen atoms in total. The lowest BCUT2D eigenvalue weighted by atomic mass is 10.00. The number of nitrogens with one attached hydrogen (secondary N) is 1. The van der Waals surface area contributed by atoms with Crippen molar-refractivity contribution in [2.45, 2.75) is 37.6 Å². The van der Waals surface area contributed by atoms with Gasteiger partial charge in [-0.1, -0.05) is 38.1 Å². The van der Waals surface area contributed by atoms with Crippen LogP contribution in [0.2, 0.25) is 0 Å². The van der Waals surface area contributed by atoms with Crippen LogP contribution < -0.4 is 9.46 Å². The van der Waals surface area contributed by atoms with Gasteiger partial charge in [0.15, 0.2) is 0 Å². The zero-order valence-corrected chi connectivity index (χ0v) is 14.7. The van der Waals surface area contributed by atoms with Crippen molar-refractivity contribution in [3.05, 3.63) is 59.7 Å². The molecular weight excluding hydrogens is 310 g/mol. The molecule has 2 aromatic rings. The summed E-state index contributed by atoms with van der Waals surface area (Å²) in [7, 11) is -2.02. The zero-order valence-electron chi connectivity index (χ0n) is 13.9. The van der Waals surface area contributed by atoms with Crippen LogP contribution in [0, 0.1) is 0 Å². The summed E-state index contributed by atoms with van der Waals surface area (Å²) in [5, 5.41) is 0. The van der Waals surface area contributed by atoms with Crippen LogP contribution in [-0.4, -0.2) is 15.5 Å². The van der Waals surface area contributed by atoms with Gasteiger partial charge < -0.3 is 4.74 Å². The van der Waals surface area contributed by atoms with Gasteiger partial charge >= 0.3 is 0 Å². The Morgan fingerprint density at radius 1 is 0.870 bits per heavy atom. The highest BCUT2D eigenvalue weighted by molar-refractivity contribution is 7.89. The predicted octanol–water partition coefficient (Wildman–Crippen LogP) is 3.86. The zero-order chi connectivity index (χ0) is 17.0. The minimum atomic E-state index is -3.56. The Morgan fingerprint density at radius 3 is 1.87 bits per heavy atom. The van der Waals surface area contributed by atoms with Gasteiger partial charge in [0.2, 0.25) is 10.0 Å². The molecule has 0 bridgehead atoms. The highest BCUT2D eigenvalue weighted by atomic mass is 32.2. The van der Waals surface area contributed by atoms with Gasteiger partial charge in [0.05, 0.1) is 12.0 Å². The number of rotatable bonds is 6. The van der Waals surface area contributed by atoms with Crippen LogP contribution in [0.15, 0.2) is 53.4 Å². The van der Waals surface area contributed by atoms with Crippen LogP contribution in [0.25, 0.3) is 0 Å². The summed E-state index contributed by atoms with van der Waals surface area (Å²) in [5.74, 6) is 1.08. The molecule has 0 amide bonds. The molecule has 0 aliphatic rings. The van der Waals surface area contributed by atoms with E-state index in [1.807, 2.05) is 31.2 Å². The molecule has 0 fully saturated rings. The monoisotopic (exact) mass is 333 g/mol. The fourth-order valence-corrected chi connectivity index (χ4v) is 3.53. The van der Waals surface area contributed by atoms with E-state index in [2.05, 4.69) is 18.6 Å². The molecule has 0 aliphatic carbocycles. The van der Waals surface area contributed by atoms with Crippen LogP contribution in [-0.2, 0) is 10.0 Å². The Kier molecular flexibility index (Phi) is 5.44. The van der Waals surface area contributed by atoms with Crippen molar-refractivity contribution in [1.82, 2.24) is 4.72 Å². The van der Waals surface area contributed by atoms with Crippen molar-refractivity contribution in [3.8, 4) is 5.75 Å². The Morgan fingerprint density at radius 2 is 1.39 bits per heavy atom. The molecule has 0 unspecified atom stereocenters. The first-order valence-electron chi connectivity index (χ1n) is 7.59. The molecule has 0 aromatic heterocycles. The standard InChI is InChI=1S/C18H23NO3S/c1-13(2)15-5-7-16(8-6-15)14(3)19-23(20,21)18-11-9-17(22-4)10-12-18/h5-14,19H,1-4H3/t14-/m1/s1. The Hall–Kier alpha value is -1.85. The fraction of sp³-hybridized carbons (Fsp3) is 0.333. The first-order chi connectivity index (χ1) is 10.8. The molecule has 23 heavy (non-hydrogen) atoms. The van der Waals surface area contributed by atoms with Crippen LogP contribution in [0.5, 0.6) is 5.75 Å². The Balaban J connectivity index is 2.15. The fourth-order valence-electron chi connectivity index (χ4n) is 2.29. The van der Waals surface area contributed by atoms with Crippen molar-refractivity contribution in [2.24, 2.45) is 0 Å². The van der Waals surface area contributed by atoms with Gasteiger partial charge in [0.25, 0.3) is 0 Å². The third kappa shape index (κ3) is 4.33. The second-order valence-corrected chi connectivity index (χ2v) is 7.55. The van der Waals surface area contributed by atoms with Crippen molar-refractivity contribution in [3.63, 3.8) is 0 Å². The molecule has 1 atom stereocenters. The molecule has 1 N–H and O–H groups in total.